The Bertz CT molecular complexity index is 630. The van der Waals surface area contributed by atoms with Crippen molar-refractivity contribution in [2.75, 3.05) is 18.5 Å². The van der Waals surface area contributed by atoms with Gasteiger partial charge in [-0.05, 0) is 18.2 Å². The SMILES string of the molecule is NS(=O)(=O)c1ccc(F)cc1NC(=O)COCC(F)(F)F. The van der Waals surface area contributed by atoms with Gasteiger partial charge in [-0.2, -0.15) is 13.2 Å². The number of rotatable bonds is 5. The van der Waals surface area contributed by atoms with Gasteiger partial charge in [0.05, 0.1) is 5.69 Å². The number of carbonyl (C=O) groups is 1. The van der Waals surface area contributed by atoms with Gasteiger partial charge >= 0.3 is 6.18 Å². The monoisotopic (exact) mass is 330 g/mol. The fraction of sp³-hybridized carbons (Fsp3) is 0.300. The Kier molecular flexibility index (Phi) is 5.25. The third-order valence-corrected chi connectivity index (χ3v) is 2.99. The molecular formula is C10H10F4N2O4S. The molecule has 0 saturated carbocycles. The second-order valence-corrected chi connectivity index (χ2v) is 5.37. The lowest BCUT2D eigenvalue weighted by Gasteiger charge is -2.11. The predicted octanol–water partition coefficient (Wildman–Crippen LogP) is 0.991. The van der Waals surface area contributed by atoms with E-state index in [1.165, 1.54) is 0 Å². The lowest BCUT2D eigenvalue weighted by Crippen LogP contribution is -2.25. The summed E-state index contributed by atoms with van der Waals surface area (Å²) >= 11 is 0. The first-order valence-electron chi connectivity index (χ1n) is 5.26. The zero-order valence-corrected chi connectivity index (χ0v) is 11.1. The number of alkyl halides is 3. The number of sulfonamides is 1. The number of hydrogen-bond donors (Lipinski definition) is 2. The summed E-state index contributed by atoms with van der Waals surface area (Å²) in [7, 11) is -4.24. The molecule has 0 aliphatic heterocycles. The van der Waals surface area contributed by atoms with Crippen LogP contribution in [0.1, 0.15) is 0 Å². The summed E-state index contributed by atoms with van der Waals surface area (Å²) in [5, 5.41) is 6.77. The zero-order valence-electron chi connectivity index (χ0n) is 10.3. The third kappa shape index (κ3) is 6.06. The van der Waals surface area contributed by atoms with E-state index >= 15 is 0 Å². The van der Waals surface area contributed by atoms with Crippen LogP contribution in [0.15, 0.2) is 23.1 Å². The minimum absolute atomic E-state index is 0.488. The normalized spacial score (nSPS) is 12.2. The van der Waals surface area contributed by atoms with Crippen LogP contribution < -0.4 is 10.5 Å². The molecule has 0 radical (unpaired) electrons. The minimum Gasteiger partial charge on any atom is -0.362 e. The molecule has 1 amide bonds. The molecule has 21 heavy (non-hydrogen) atoms. The molecule has 0 atom stereocenters. The van der Waals surface area contributed by atoms with Gasteiger partial charge in [-0.3, -0.25) is 4.79 Å². The van der Waals surface area contributed by atoms with Crippen LogP contribution in [0.4, 0.5) is 23.2 Å². The molecule has 1 rings (SSSR count). The number of anilines is 1. The molecule has 0 aromatic heterocycles. The number of amides is 1. The van der Waals surface area contributed by atoms with E-state index in [-0.39, 0.29) is 0 Å². The predicted molar refractivity (Wildman–Crippen MR) is 63.3 cm³/mol. The summed E-state index contributed by atoms with van der Waals surface area (Å²) in [6.45, 7) is -2.63. The molecule has 11 heteroatoms. The van der Waals surface area contributed by atoms with Gasteiger partial charge in [0.2, 0.25) is 15.9 Å². The van der Waals surface area contributed by atoms with Crippen LogP contribution in [-0.4, -0.2) is 33.7 Å². The highest BCUT2D eigenvalue weighted by Crippen LogP contribution is 2.21. The smallest absolute Gasteiger partial charge is 0.362 e. The van der Waals surface area contributed by atoms with Crippen LogP contribution in [0, 0.1) is 5.82 Å². The Morgan fingerprint density at radius 1 is 1.33 bits per heavy atom. The fourth-order valence-electron chi connectivity index (χ4n) is 1.29. The van der Waals surface area contributed by atoms with Crippen LogP contribution in [0.25, 0.3) is 0 Å². The van der Waals surface area contributed by atoms with Crippen LogP contribution in [0.2, 0.25) is 0 Å². The average Bonchev–Trinajstić information content (AvgIpc) is 2.25. The molecule has 0 fully saturated rings. The molecule has 1 aromatic carbocycles. The molecule has 0 bridgehead atoms. The van der Waals surface area contributed by atoms with Crippen molar-refractivity contribution in [3.05, 3.63) is 24.0 Å². The van der Waals surface area contributed by atoms with Gasteiger partial charge in [-0.1, -0.05) is 0 Å². The molecule has 3 N–H and O–H groups in total. The summed E-state index contributed by atoms with van der Waals surface area (Å²) in [5.41, 5.74) is -0.488. The van der Waals surface area contributed by atoms with Gasteiger partial charge in [0, 0.05) is 0 Å². The highest BCUT2D eigenvalue weighted by Gasteiger charge is 2.28. The molecule has 118 valence electrons. The summed E-state index contributed by atoms with van der Waals surface area (Å²) in [4.78, 5) is 10.8. The van der Waals surface area contributed by atoms with Crippen LogP contribution in [0.5, 0.6) is 0 Å². The van der Waals surface area contributed by atoms with E-state index in [0.29, 0.717) is 6.07 Å². The Morgan fingerprint density at radius 3 is 2.48 bits per heavy atom. The molecule has 0 saturated heterocycles. The number of primary sulfonamides is 1. The van der Waals surface area contributed by atoms with Gasteiger partial charge in [-0.15, -0.1) is 0 Å². The number of ether oxygens (including phenoxy) is 1. The molecule has 0 heterocycles. The van der Waals surface area contributed by atoms with Crippen molar-refractivity contribution in [2.24, 2.45) is 5.14 Å². The molecule has 0 aliphatic carbocycles. The maximum atomic E-state index is 13.0. The lowest BCUT2D eigenvalue weighted by atomic mass is 10.3. The Labute approximate surface area is 116 Å². The Balaban J connectivity index is 2.79. The maximum absolute atomic E-state index is 13.0. The molecule has 0 aliphatic rings. The van der Waals surface area contributed by atoms with E-state index in [4.69, 9.17) is 5.14 Å². The highest BCUT2D eigenvalue weighted by molar-refractivity contribution is 7.89. The van der Waals surface area contributed by atoms with E-state index in [9.17, 15) is 30.8 Å². The molecule has 0 spiro atoms. The van der Waals surface area contributed by atoms with Crippen molar-refractivity contribution in [3.63, 3.8) is 0 Å². The number of halogens is 4. The number of nitrogens with one attached hydrogen (secondary N) is 1. The molecule has 6 nitrogen and oxygen atoms in total. The third-order valence-electron chi connectivity index (χ3n) is 2.02. The summed E-state index contributed by atoms with van der Waals surface area (Å²) in [5.74, 6) is -1.95. The van der Waals surface area contributed by atoms with Crippen molar-refractivity contribution >= 4 is 21.6 Å². The second-order valence-electron chi connectivity index (χ2n) is 3.84. The summed E-state index contributed by atoms with van der Waals surface area (Å²) in [6, 6.07) is 2.29. The van der Waals surface area contributed by atoms with E-state index in [1.807, 2.05) is 5.32 Å². The van der Waals surface area contributed by atoms with E-state index < -0.39 is 51.7 Å². The first-order valence-corrected chi connectivity index (χ1v) is 6.80. The largest absolute Gasteiger partial charge is 0.411 e. The topological polar surface area (TPSA) is 98.5 Å². The number of hydrogen-bond acceptors (Lipinski definition) is 4. The first kappa shape index (κ1) is 17.3. The maximum Gasteiger partial charge on any atom is 0.411 e. The highest BCUT2D eigenvalue weighted by atomic mass is 32.2. The molecular weight excluding hydrogens is 320 g/mol. The number of carbonyl (C=O) groups excluding carboxylic acids is 1. The van der Waals surface area contributed by atoms with Crippen LogP contribution in [-0.2, 0) is 19.6 Å². The zero-order chi connectivity index (χ0) is 16.3. The van der Waals surface area contributed by atoms with Crippen LogP contribution in [0.3, 0.4) is 0 Å². The Hall–Kier alpha value is -1.72. The van der Waals surface area contributed by atoms with Crippen molar-refractivity contribution < 1.29 is 35.5 Å². The molecule has 1 aromatic rings. The van der Waals surface area contributed by atoms with Gasteiger partial charge in [-0.25, -0.2) is 17.9 Å². The lowest BCUT2D eigenvalue weighted by molar-refractivity contribution is -0.174. The van der Waals surface area contributed by atoms with Crippen LogP contribution >= 0.6 is 0 Å². The van der Waals surface area contributed by atoms with Crippen molar-refractivity contribution in [2.45, 2.75) is 11.1 Å². The molecule has 0 unspecified atom stereocenters. The minimum atomic E-state index is -4.61. The number of nitrogens with two attached hydrogens (primary N) is 1. The van der Waals surface area contributed by atoms with Gasteiger partial charge in [0.15, 0.2) is 0 Å². The van der Waals surface area contributed by atoms with Gasteiger partial charge in [0.25, 0.3) is 0 Å². The van der Waals surface area contributed by atoms with Crippen molar-refractivity contribution in [1.29, 1.82) is 0 Å². The quantitative estimate of drug-likeness (QED) is 0.787. The van der Waals surface area contributed by atoms with Crippen molar-refractivity contribution in [3.8, 4) is 0 Å². The first-order chi connectivity index (χ1) is 9.49. The fourth-order valence-corrected chi connectivity index (χ4v) is 1.97. The summed E-state index contributed by atoms with van der Waals surface area (Å²) in [6.07, 6.45) is -4.61. The Morgan fingerprint density at radius 2 is 1.95 bits per heavy atom. The summed E-state index contributed by atoms with van der Waals surface area (Å²) < 4.78 is 74.9. The van der Waals surface area contributed by atoms with E-state index in [0.717, 1.165) is 12.1 Å². The average molecular weight is 330 g/mol. The second kappa shape index (κ2) is 6.37. The number of benzene rings is 1. The van der Waals surface area contributed by atoms with E-state index in [1.54, 1.807) is 0 Å². The van der Waals surface area contributed by atoms with Gasteiger partial charge < -0.3 is 10.1 Å². The van der Waals surface area contributed by atoms with Gasteiger partial charge in [0.1, 0.15) is 23.9 Å². The standard InChI is InChI=1S/C10H10F4N2O4S/c11-6-1-2-8(21(15,18)19)7(3-6)16-9(17)4-20-5-10(12,13)14/h1-3H,4-5H2,(H,16,17)(H2,15,18,19). The van der Waals surface area contributed by atoms with Crippen molar-refractivity contribution in [1.82, 2.24) is 0 Å². The van der Waals surface area contributed by atoms with E-state index in [2.05, 4.69) is 4.74 Å².